The highest BCUT2D eigenvalue weighted by molar-refractivity contribution is 7.55. The van der Waals surface area contributed by atoms with Gasteiger partial charge in [-0.1, -0.05) is 99.6 Å². The highest BCUT2D eigenvalue weighted by Crippen LogP contribution is 2.30. The Balaban J connectivity index is 1.75. The van der Waals surface area contributed by atoms with E-state index in [1.165, 1.54) is 16.7 Å². The van der Waals surface area contributed by atoms with E-state index in [1.807, 2.05) is 62.4 Å². The summed E-state index contributed by atoms with van der Waals surface area (Å²) in [5, 5.41) is 23.9. The Labute approximate surface area is 192 Å². The van der Waals surface area contributed by atoms with Crippen LogP contribution in [0.1, 0.15) is 41.7 Å². The van der Waals surface area contributed by atoms with Gasteiger partial charge >= 0.3 is 0 Å². The third-order valence-corrected chi connectivity index (χ3v) is 6.95. The van der Waals surface area contributed by atoms with Gasteiger partial charge < -0.3 is 10.2 Å². The van der Waals surface area contributed by atoms with Crippen molar-refractivity contribution in [3.8, 4) is 5.75 Å². The number of phenols is 1. The first-order valence-electron chi connectivity index (χ1n) is 10.9. The molecular formula is C29H29O2P. The molecule has 2 N–H and O–H groups in total. The minimum absolute atomic E-state index is 0.252. The molecule has 162 valence electrons. The number of aliphatic hydroxyl groups is 1. The van der Waals surface area contributed by atoms with E-state index in [1.54, 1.807) is 0 Å². The van der Waals surface area contributed by atoms with E-state index in [0.29, 0.717) is 12.2 Å². The predicted octanol–water partition coefficient (Wildman–Crippen LogP) is 5.43. The normalized spacial score (nSPS) is 11.8. The molecule has 0 saturated carbocycles. The summed E-state index contributed by atoms with van der Waals surface area (Å²) in [5.74, 6) is 0.356. The van der Waals surface area contributed by atoms with Crippen LogP contribution in [-0.2, 0) is 18.4 Å². The van der Waals surface area contributed by atoms with Crippen LogP contribution < -0.4 is 10.6 Å². The molecule has 4 rings (SSSR count). The lowest BCUT2D eigenvalue weighted by Crippen LogP contribution is -2.24. The van der Waals surface area contributed by atoms with Gasteiger partial charge in [-0.05, 0) is 59.5 Å². The summed E-state index contributed by atoms with van der Waals surface area (Å²) in [6, 6.07) is 32.9. The van der Waals surface area contributed by atoms with Gasteiger partial charge in [0.2, 0.25) is 0 Å². The summed E-state index contributed by atoms with van der Waals surface area (Å²) < 4.78 is 0. The maximum atomic E-state index is 11.2. The van der Waals surface area contributed by atoms with Crippen LogP contribution in [0.3, 0.4) is 0 Å². The lowest BCUT2D eigenvalue weighted by Gasteiger charge is -2.22. The van der Waals surface area contributed by atoms with Gasteiger partial charge in [-0.3, -0.25) is 0 Å². The number of hydrogen-bond donors (Lipinski definition) is 2. The van der Waals surface area contributed by atoms with Crippen LogP contribution in [0.5, 0.6) is 5.75 Å². The monoisotopic (exact) mass is 440 g/mol. The number of rotatable bonds is 7. The summed E-state index contributed by atoms with van der Waals surface area (Å²) in [5.41, 5.74) is 4.50. The van der Waals surface area contributed by atoms with E-state index >= 15 is 0 Å². The molecule has 2 nitrogen and oxygen atoms in total. The molecule has 0 aliphatic heterocycles. The molecule has 0 radical (unpaired) electrons. The van der Waals surface area contributed by atoms with Crippen LogP contribution >= 0.6 is 8.58 Å². The van der Waals surface area contributed by atoms with E-state index in [2.05, 4.69) is 48.5 Å². The van der Waals surface area contributed by atoms with Gasteiger partial charge in [-0.2, -0.15) is 0 Å². The Morgan fingerprint density at radius 3 is 1.84 bits per heavy atom. The largest absolute Gasteiger partial charge is 0.507 e. The summed E-state index contributed by atoms with van der Waals surface area (Å²) >= 11 is 0. The van der Waals surface area contributed by atoms with Crippen molar-refractivity contribution in [1.82, 2.24) is 0 Å². The first-order chi connectivity index (χ1) is 15.4. The van der Waals surface area contributed by atoms with E-state index in [-0.39, 0.29) is 8.58 Å². The molecule has 0 amide bonds. The molecule has 0 heterocycles. The third kappa shape index (κ3) is 5.46. The Kier molecular flexibility index (Phi) is 6.74. The van der Waals surface area contributed by atoms with Crippen molar-refractivity contribution in [1.29, 1.82) is 0 Å². The first-order valence-corrected chi connectivity index (χ1v) is 11.9. The van der Waals surface area contributed by atoms with Crippen LogP contribution in [0.25, 0.3) is 0 Å². The summed E-state index contributed by atoms with van der Waals surface area (Å²) in [6.07, 6.45) is 1.49. The Hall–Kier alpha value is -2.93. The van der Waals surface area contributed by atoms with Crippen molar-refractivity contribution in [2.24, 2.45) is 0 Å². The van der Waals surface area contributed by atoms with Gasteiger partial charge in [0.15, 0.2) is 0 Å². The molecule has 0 aliphatic rings. The predicted molar refractivity (Wildman–Crippen MR) is 136 cm³/mol. The second-order valence-corrected chi connectivity index (χ2v) is 10.0. The summed E-state index contributed by atoms with van der Waals surface area (Å²) in [7, 11) is 0.252. The Morgan fingerprint density at radius 2 is 1.22 bits per heavy atom. The zero-order valence-corrected chi connectivity index (χ0v) is 19.5. The van der Waals surface area contributed by atoms with Crippen molar-refractivity contribution in [3.05, 3.63) is 125 Å². The molecule has 32 heavy (non-hydrogen) atoms. The molecule has 1 atom stereocenters. The highest BCUT2D eigenvalue weighted by Gasteiger charge is 2.21. The quantitative estimate of drug-likeness (QED) is 0.376. The fraction of sp³-hybridized carbons (Fsp3) is 0.172. The fourth-order valence-electron chi connectivity index (χ4n) is 4.01. The standard InChI is InChI=1S/C29H29O2P/c1-29(2,31)25-15-9-10-16-26(25)32-27-20-23(17-21-11-5-3-6-12-21)19-24(28(27)30)18-22-13-7-4-8-14-22/h3-16,19-20,30-32H,17-18H2,1-2H3. The topological polar surface area (TPSA) is 40.5 Å². The average Bonchev–Trinajstić information content (AvgIpc) is 2.78. The van der Waals surface area contributed by atoms with Crippen molar-refractivity contribution >= 4 is 19.2 Å². The molecule has 0 saturated heterocycles. The number of hydrogen-bond acceptors (Lipinski definition) is 2. The molecule has 0 bridgehead atoms. The van der Waals surface area contributed by atoms with Gasteiger partial charge in [0.25, 0.3) is 0 Å². The van der Waals surface area contributed by atoms with Crippen LogP contribution in [0.2, 0.25) is 0 Å². The van der Waals surface area contributed by atoms with Crippen LogP contribution in [0.4, 0.5) is 0 Å². The minimum atomic E-state index is -0.937. The second kappa shape index (κ2) is 9.69. The lowest BCUT2D eigenvalue weighted by molar-refractivity contribution is 0.0797. The van der Waals surface area contributed by atoms with E-state index in [4.69, 9.17) is 0 Å². The maximum absolute atomic E-state index is 11.2. The summed E-state index contributed by atoms with van der Waals surface area (Å²) in [6.45, 7) is 3.62. The van der Waals surface area contributed by atoms with Gasteiger partial charge in [0.1, 0.15) is 5.75 Å². The van der Waals surface area contributed by atoms with E-state index < -0.39 is 5.60 Å². The molecule has 0 spiro atoms. The molecule has 0 fully saturated rings. The maximum Gasteiger partial charge on any atom is 0.126 e. The van der Waals surface area contributed by atoms with Crippen LogP contribution in [0.15, 0.2) is 97.1 Å². The van der Waals surface area contributed by atoms with Crippen molar-refractivity contribution < 1.29 is 10.2 Å². The van der Waals surface area contributed by atoms with Gasteiger partial charge in [-0.25, -0.2) is 0 Å². The summed E-state index contributed by atoms with van der Waals surface area (Å²) in [4.78, 5) is 0. The minimum Gasteiger partial charge on any atom is -0.507 e. The Morgan fingerprint density at radius 1 is 0.656 bits per heavy atom. The molecule has 0 aliphatic carbocycles. The zero-order valence-electron chi connectivity index (χ0n) is 18.5. The molecule has 3 heteroatoms. The van der Waals surface area contributed by atoms with Crippen molar-refractivity contribution in [2.45, 2.75) is 32.3 Å². The molecule has 1 unspecified atom stereocenters. The Bertz CT molecular complexity index is 1180. The van der Waals surface area contributed by atoms with Gasteiger partial charge in [-0.15, -0.1) is 0 Å². The third-order valence-electron chi connectivity index (χ3n) is 5.59. The van der Waals surface area contributed by atoms with E-state index in [0.717, 1.165) is 28.2 Å². The second-order valence-electron chi connectivity index (χ2n) is 8.71. The van der Waals surface area contributed by atoms with Crippen LogP contribution in [0, 0.1) is 0 Å². The zero-order chi connectivity index (χ0) is 22.6. The highest BCUT2D eigenvalue weighted by atomic mass is 31.1. The van der Waals surface area contributed by atoms with Gasteiger partial charge in [0.05, 0.1) is 5.60 Å². The van der Waals surface area contributed by atoms with Gasteiger partial charge in [0, 0.05) is 11.7 Å². The lowest BCUT2D eigenvalue weighted by atomic mass is 9.98. The number of benzene rings is 4. The van der Waals surface area contributed by atoms with Crippen molar-refractivity contribution in [2.75, 3.05) is 0 Å². The fourth-order valence-corrected chi connectivity index (χ4v) is 5.54. The van der Waals surface area contributed by atoms with Crippen LogP contribution in [-0.4, -0.2) is 10.2 Å². The molecule has 0 aromatic heterocycles. The first kappa shape index (κ1) is 22.3. The smallest absolute Gasteiger partial charge is 0.126 e. The molecule has 4 aromatic rings. The average molecular weight is 441 g/mol. The van der Waals surface area contributed by atoms with E-state index in [9.17, 15) is 10.2 Å². The molecule has 4 aromatic carbocycles. The number of phenolic OH excluding ortho intramolecular Hbond substituents is 1. The molecular weight excluding hydrogens is 411 g/mol. The number of aromatic hydroxyl groups is 1. The SMILES string of the molecule is CC(C)(O)c1ccccc1Pc1cc(Cc2ccccc2)cc(Cc2ccccc2)c1O. The van der Waals surface area contributed by atoms with Crippen molar-refractivity contribution in [3.63, 3.8) is 0 Å².